The average Bonchev–Trinajstić information content (AvgIpc) is 3.08. The Hall–Kier alpha value is -2.37. The van der Waals surface area contributed by atoms with Crippen LogP contribution in [0.2, 0.25) is 0 Å². The molecule has 112 valence electrons. The lowest BCUT2D eigenvalue weighted by Gasteiger charge is -2.13. The van der Waals surface area contributed by atoms with E-state index < -0.39 is 6.10 Å². The van der Waals surface area contributed by atoms with Crippen LogP contribution >= 0.6 is 11.3 Å². The number of rotatable bonds is 5. The maximum atomic E-state index is 12.0. The first kappa shape index (κ1) is 14.6. The summed E-state index contributed by atoms with van der Waals surface area (Å²) in [5.41, 5.74) is 0.620. The van der Waals surface area contributed by atoms with E-state index in [2.05, 4.69) is 0 Å². The van der Waals surface area contributed by atoms with Crippen molar-refractivity contribution in [1.82, 2.24) is 0 Å². The van der Waals surface area contributed by atoms with Gasteiger partial charge in [0.15, 0.2) is 5.76 Å². The Morgan fingerprint density at radius 1 is 1.14 bits per heavy atom. The molecule has 0 aliphatic heterocycles. The van der Waals surface area contributed by atoms with Gasteiger partial charge < -0.3 is 14.3 Å². The third-order valence-corrected chi connectivity index (χ3v) is 4.07. The maximum absolute atomic E-state index is 12.0. The maximum Gasteiger partial charge on any atom is 0.227 e. The van der Waals surface area contributed by atoms with E-state index in [0.29, 0.717) is 4.88 Å². The summed E-state index contributed by atoms with van der Waals surface area (Å²) in [6.07, 6.45) is 0.254. The first-order chi connectivity index (χ1) is 10.8. The van der Waals surface area contributed by atoms with Gasteiger partial charge in [0.2, 0.25) is 11.2 Å². The second-order valence-corrected chi connectivity index (χ2v) is 5.65. The van der Waals surface area contributed by atoms with E-state index in [-0.39, 0.29) is 23.5 Å². The number of hydrogen-bond donors (Lipinski definition) is 1. The molecule has 0 amide bonds. The Kier molecular flexibility index (Phi) is 4.37. The molecule has 4 nitrogen and oxygen atoms in total. The lowest BCUT2D eigenvalue weighted by atomic mass is 10.2. The minimum atomic E-state index is -1.01. The summed E-state index contributed by atoms with van der Waals surface area (Å²) < 4.78 is 11.0. The zero-order valence-corrected chi connectivity index (χ0v) is 12.5. The van der Waals surface area contributed by atoms with Crippen molar-refractivity contribution in [2.24, 2.45) is 0 Å². The molecule has 0 fully saturated rings. The van der Waals surface area contributed by atoms with Gasteiger partial charge in [-0.2, -0.15) is 0 Å². The molecule has 1 aromatic carbocycles. The Morgan fingerprint density at radius 2 is 1.95 bits per heavy atom. The normalized spacial score (nSPS) is 12.0. The van der Waals surface area contributed by atoms with Crippen molar-refractivity contribution in [2.45, 2.75) is 12.7 Å². The molecule has 0 saturated carbocycles. The Morgan fingerprint density at radius 3 is 2.68 bits per heavy atom. The van der Waals surface area contributed by atoms with Crippen molar-refractivity contribution >= 4 is 11.3 Å². The quantitative estimate of drug-likeness (QED) is 0.784. The molecule has 22 heavy (non-hydrogen) atoms. The molecule has 0 bridgehead atoms. The van der Waals surface area contributed by atoms with Gasteiger partial charge in [0.25, 0.3) is 0 Å². The summed E-state index contributed by atoms with van der Waals surface area (Å²) in [6, 6.07) is 14.4. The van der Waals surface area contributed by atoms with Crippen LogP contribution in [0.5, 0.6) is 5.75 Å². The smallest absolute Gasteiger partial charge is 0.227 e. The predicted molar refractivity (Wildman–Crippen MR) is 84.1 cm³/mol. The molecule has 0 aliphatic carbocycles. The summed E-state index contributed by atoms with van der Waals surface area (Å²) in [6.45, 7) is 0.236. The van der Waals surface area contributed by atoms with Gasteiger partial charge in [-0.1, -0.05) is 36.4 Å². The fourth-order valence-electron chi connectivity index (χ4n) is 2.06. The molecule has 0 saturated heterocycles. The van der Waals surface area contributed by atoms with Crippen LogP contribution in [-0.4, -0.2) is 5.11 Å². The summed E-state index contributed by atoms with van der Waals surface area (Å²) in [5.74, 6) is 0.179. The number of ether oxygens (including phenoxy) is 1. The highest BCUT2D eigenvalue weighted by Crippen LogP contribution is 2.30. The van der Waals surface area contributed by atoms with Crippen LogP contribution in [0, 0.1) is 0 Å². The van der Waals surface area contributed by atoms with Crippen molar-refractivity contribution in [3.05, 3.63) is 86.6 Å². The lowest BCUT2D eigenvalue weighted by molar-refractivity contribution is 0.174. The molecule has 0 aliphatic rings. The SMILES string of the molecule is O=c1ccoc(C(O)c2cccs2)c1OCc1ccccc1. The van der Waals surface area contributed by atoms with Gasteiger partial charge in [0.05, 0.1) is 6.26 Å². The van der Waals surface area contributed by atoms with Crippen LogP contribution in [0.15, 0.2) is 69.4 Å². The van der Waals surface area contributed by atoms with Gasteiger partial charge in [-0.05, 0) is 17.0 Å². The summed E-state index contributed by atoms with van der Waals surface area (Å²) >= 11 is 1.39. The van der Waals surface area contributed by atoms with Gasteiger partial charge >= 0.3 is 0 Å². The highest BCUT2D eigenvalue weighted by molar-refractivity contribution is 7.10. The molecule has 1 atom stereocenters. The van der Waals surface area contributed by atoms with Crippen LogP contribution in [0.1, 0.15) is 22.3 Å². The first-order valence-electron chi connectivity index (χ1n) is 6.75. The summed E-state index contributed by atoms with van der Waals surface area (Å²) in [5, 5.41) is 12.2. The number of thiophene rings is 1. The summed E-state index contributed by atoms with van der Waals surface area (Å²) in [4.78, 5) is 12.7. The molecular weight excluding hydrogens is 300 g/mol. The highest BCUT2D eigenvalue weighted by Gasteiger charge is 2.21. The van der Waals surface area contributed by atoms with Crippen LogP contribution < -0.4 is 10.2 Å². The van der Waals surface area contributed by atoms with Gasteiger partial charge in [0.1, 0.15) is 12.7 Å². The van der Waals surface area contributed by atoms with Crippen LogP contribution in [0.4, 0.5) is 0 Å². The largest absolute Gasteiger partial charge is 0.482 e. The molecule has 0 spiro atoms. The lowest BCUT2D eigenvalue weighted by Crippen LogP contribution is -2.12. The molecule has 3 rings (SSSR count). The zero-order chi connectivity index (χ0) is 15.4. The van der Waals surface area contributed by atoms with E-state index in [0.717, 1.165) is 5.56 Å². The van der Waals surface area contributed by atoms with Crippen LogP contribution in [-0.2, 0) is 6.61 Å². The third kappa shape index (κ3) is 3.10. The van der Waals surface area contributed by atoms with Crippen molar-refractivity contribution < 1.29 is 14.3 Å². The van der Waals surface area contributed by atoms with E-state index >= 15 is 0 Å². The Balaban J connectivity index is 1.88. The van der Waals surface area contributed by atoms with Crippen molar-refractivity contribution in [2.75, 3.05) is 0 Å². The Labute approximate surface area is 131 Å². The van der Waals surface area contributed by atoms with Crippen LogP contribution in [0.25, 0.3) is 0 Å². The second-order valence-electron chi connectivity index (χ2n) is 4.67. The fourth-order valence-corrected chi connectivity index (χ4v) is 2.76. The average molecular weight is 314 g/mol. The van der Waals surface area contributed by atoms with E-state index in [1.165, 1.54) is 23.7 Å². The molecule has 1 N–H and O–H groups in total. The zero-order valence-electron chi connectivity index (χ0n) is 11.6. The molecule has 0 radical (unpaired) electrons. The highest BCUT2D eigenvalue weighted by atomic mass is 32.1. The minimum absolute atomic E-state index is 0.0484. The number of benzene rings is 1. The van der Waals surface area contributed by atoms with Gasteiger partial charge in [-0.15, -0.1) is 11.3 Å². The van der Waals surface area contributed by atoms with Gasteiger partial charge in [-0.25, -0.2) is 0 Å². The topological polar surface area (TPSA) is 59.7 Å². The third-order valence-electron chi connectivity index (χ3n) is 3.15. The predicted octanol–water partition coefficient (Wildman–Crippen LogP) is 3.36. The van der Waals surface area contributed by atoms with Crippen molar-refractivity contribution in [1.29, 1.82) is 0 Å². The van der Waals surface area contributed by atoms with E-state index in [4.69, 9.17) is 9.15 Å². The second kappa shape index (κ2) is 6.60. The molecule has 3 aromatic rings. The molecule has 1 unspecified atom stereocenters. The van der Waals surface area contributed by atoms with E-state index in [1.54, 1.807) is 6.07 Å². The van der Waals surface area contributed by atoms with E-state index in [1.807, 2.05) is 41.8 Å². The molecule has 2 heterocycles. The molecule has 5 heteroatoms. The van der Waals surface area contributed by atoms with Gasteiger partial charge in [0, 0.05) is 10.9 Å². The fraction of sp³-hybridized carbons (Fsp3) is 0.118. The standard InChI is InChI=1S/C17H14O4S/c18-13-8-9-20-17(15(19)14-7-4-10-22-14)16(13)21-11-12-5-2-1-3-6-12/h1-10,15,19H,11H2. The molecule has 2 aromatic heterocycles. The Bertz CT molecular complexity index is 778. The van der Waals surface area contributed by atoms with Crippen molar-refractivity contribution in [3.63, 3.8) is 0 Å². The number of hydrogen-bond acceptors (Lipinski definition) is 5. The van der Waals surface area contributed by atoms with E-state index in [9.17, 15) is 9.90 Å². The number of aliphatic hydroxyl groups is 1. The van der Waals surface area contributed by atoms with Gasteiger partial charge in [-0.3, -0.25) is 4.79 Å². The van der Waals surface area contributed by atoms with Crippen LogP contribution in [0.3, 0.4) is 0 Å². The monoisotopic (exact) mass is 314 g/mol. The summed E-state index contributed by atoms with van der Waals surface area (Å²) in [7, 11) is 0. The number of aliphatic hydroxyl groups excluding tert-OH is 1. The molecular formula is C17H14O4S. The first-order valence-corrected chi connectivity index (χ1v) is 7.63. The minimum Gasteiger partial charge on any atom is -0.482 e. The van der Waals surface area contributed by atoms with Crippen molar-refractivity contribution in [3.8, 4) is 5.75 Å².